The number of unbranched alkanes of at least 4 members (excludes halogenated alkanes) is 2. The molecular formula is C52H59ClFN3O10. The molecule has 2 N–H and O–H groups in total. The maximum absolute atomic E-state index is 14.6. The molecule has 0 radical (unpaired) electrons. The van der Waals surface area contributed by atoms with Crippen LogP contribution in [-0.4, -0.2) is 76.0 Å². The summed E-state index contributed by atoms with van der Waals surface area (Å²) in [6.45, 7) is 8.09. The predicted octanol–water partition coefficient (Wildman–Crippen LogP) is 10.9. The van der Waals surface area contributed by atoms with E-state index in [1.54, 1.807) is 35.2 Å². The highest BCUT2D eigenvalue weighted by atomic mass is 35.5. The van der Waals surface area contributed by atoms with E-state index in [0.717, 1.165) is 47.9 Å². The van der Waals surface area contributed by atoms with Crippen molar-refractivity contribution in [3.8, 4) is 17.2 Å². The molecule has 356 valence electrons. The van der Waals surface area contributed by atoms with E-state index in [-0.39, 0.29) is 75.3 Å². The number of nitro groups is 1. The Morgan fingerprint density at radius 3 is 2.36 bits per heavy atom. The van der Waals surface area contributed by atoms with E-state index < -0.39 is 34.6 Å². The molecule has 13 nitrogen and oxygen atoms in total. The summed E-state index contributed by atoms with van der Waals surface area (Å²) < 4.78 is 41.1. The largest absolute Gasteiger partial charge is 0.459 e. The van der Waals surface area contributed by atoms with Gasteiger partial charge in [0.1, 0.15) is 42.3 Å². The van der Waals surface area contributed by atoms with E-state index in [1.807, 2.05) is 50.2 Å². The number of oxime groups is 1. The van der Waals surface area contributed by atoms with Gasteiger partial charge in [-0.3, -0.25) is 15.0 Å². The molecule has 1 heterocycles. The van der Waals surface area contributed by atoms with Crippen LogP contribution in [0, 0.1) is 47.5 Å². The van der Waals surface area contributed by atoms with Crippen molar-refractivity contribution < 1.29 is 48.1 Å². The Morgan fingerprint density at radius 2 is 1.67 bits per heavy atom. The minimum absolute atomic E-state index is 0.00900. The maximum atomic E-state index is 14.6. The van der Waals surface area contributed by atoms with Gasteiger partial charge in [0.25, 0.3) is 5.69 Å². The van der Waals surface area contributed by atoms with Crippen LogP contribution in [0.25, 0.3) is 0 Å². The smallest absolute Gasteiger partial charge is 0.410 e. The summed E-state index contributed by atoms with van der Waals surface area (Å²) in [6, 6.07) is 22.7. The lowest BCUT2D eigenvalue weighted by Gasteiger charge is -2.59. The maximum Gasteiger partial charge on any atom is 0.410 e. The van der Waals surface area contributed by atoms with Crippen LogP contribution in [0.15, 0.2) is 114 Å². The number of aliphatic hydroxyl groups excluding tert-OH is 2. The second-order valence-electron chi connectivity index (χ2n) is 17.4. The number of nitrogens with zero attached hydrogens (tertiary/aromatic N) is 3. The third-order valence-corrected chi connectivity index (χ3v) is 13.2. The highest BCUT2D eigenvalue weighted by Crippen LogP contribution is 2.62. The number of aliphatic hydroxyl groups is 2. The van der Waals surface area contributed by atoms with Gasteiger partial charge in [-0.25, -0.2) is 9.18 Å². The van der Waals surface area contributed by atoms with Crippen LogP contribution in [0.2, 0.25) is 0 Å². The van der Waals surface area contributed by atoms with Crippen LogP contribution < -0.4 is 9.47 Å². The van der Waals surface area contributed by atoms with Crippen LogP contribution in [0.5, 0.6) is 17.2 Å². The summed E-state index contributed by atoms with van der Waals surface area (Å²) in [5, 5.41) is 36.2. The second-order valence-corrected chi connectivity index (χ2v) is 17.8. The molecule has 15 heteroatoms. The molecule has 0 aromatic heterocycles. The number of carbonyl (C=O) groups is 1. The fourth-order valence-electron chi connectivity index (χ4n) is 9.82. The molecular weight excluding hydrogens is 881 g/mol. The number of carbonyl (C=O) groups excluding carboxylic acids is 1. The Bertz CT molecular complexity index is 2410. The summed E-state index contributed by atoms with van der Waals surface area (Å²) in [6.07, 6.45) is 7.38. The lowest BCUT2D eigenvalue weighted by Crippen LogP contribution is -2.70. The van der Waals surface area contributed by atoms with Gasteiger partial charge in [-0.2, -0.15) is 0 Å². The van der Waals surface area contributed by atoms with E-state index in [2.05, 4.69) is 12.7 Å². The van der Waals surface area contributed by atoms with Gasteiger partial charge < -0.3 is 34.0 Å². The number of benzene rings is 4. The first-order valence-corrected chi connectivity index (χ1v) is 23.5. The number of hydrogen-bond donors (Lipinski definition) is 2. The quantitative estimate of drug-likeness (QED) is 0.0255. The zero-order chi connectivity index (χ0) is 47.5. The fraction of sp³-hybridized carbons (Fsp3) is 0.423. The predicted molar refractivity (Wildman–Crippen MR) is 253 cm³/mol. The third kappa shape index (κ3) is 11.3. The molecule has 0 bridgehead atoms. The minimum atomic E-state index is -1.60. The van der Waals surface area contributed by atoms with Crippen molar-refractivity contribution in [1.29, 1.82) is 0 Å². The summed E-state index contributed by atoms with van der Waals surface area (Å²) in [5.41, 5.74) is 5.66. The van der Waals surface area contributed by atoms with Gasteiger partial charge >= 0.3 is 6.09 Å². The zero-order valence-electron chi connectivity index (χ0n) is 38.0. The number of allylic oxidation sites excluding steroid dienone is 1. The standard InChI is InChI=1S/C52H59ClFN3O10/c1-4-26-64-52-48(56(51(60)63-27-23-53)32-36-12-16-39(54)17-13-36)31-46(55-65-33-37-14-18-40(19-15-37)57(61)62)44-29-38(9-5-7-24-58)43(10-6-8-25-59)49(50(44)52)45-30-42(21-22-47(45)67-52)66-41-20-11-34(2)35(3)28-41/h4,11-22,28-30,38,43,48-50,58-59H,1,5-10,23-27,31-33H2,2-3H3/t38-,43+,48-,49+,50+,52+/m0/s1. The summed E-state index contributed by atoms with van der Waals surface area (Å²) >= 11 is 6.09. The molecule has 4 aromatic carbocycles. The van der Waals surface area contributed by atoms with Gasteiger partial charge in [-0.05, 0) is 134 Å². The lowest BCUT2D eigenvalue weighted by molar-refractivity contribution is -0.384. The SMILES string of the molecule is C=CCO[C@@]12Oc3ccc(Oc4ccc(C)c(C)c4)cc3[C@H]3[C@H](CCCCO)[C@@H](CCCCO)C=C(C(=NOCc4ccc([N+](=O)[O-])cc4)C[C@@H]1N(Cc1ccc(F)cc1)C(=O)OCCCl)[C@H]32. The Morgan fingerprint density at radius 1 is 0.970 bits per heavy atom. The summed E-state index contributed by atoms with van der Waals surface area (Å²) in [4.78, 5) is 33.2. The van der Waals surface area contributed by atoms with E-state index >= 15 is 0 Å². The monoisotopic (exact) mass is 939 g/mol. The Labute approximate surface area is 395 Å². The molecule has 1 fully saturated rings. The van der Waals surface area contributed by atoms with E-state index in [4.69, 9.17) is 40.5 Å². The molecule has 2 aliphatic carbocycles. The Kier molecular flexibility index (Phi) is 16.7. The lowest BCUT2D eigenvalue weighted by atomic mass is 9.55. The van der Waals surface area contributed by atoms with E-state index in [0.29, 0.717) is 46.9 Å². The van der Waals surface area contributed by atoms with Crippen molar-refractivity contribution in [2.75, 3.05) is 32.3 Å². The van der Waals surface area contributed by atoms with Gasteiger partial charge in [0.15, 0.2) is 0 Å². The zero-order valence-corrected chi connectivity index (χ0v) is 38.7. The number of ether oxygens (including phenoxy) is 4. The molecule has 1 saturated carbocycles. The highest BCUT2D eigenvalue weighted by Gasteiger charge is 2.65. The van der Waals surface area contributed by atoms with Crippen molar-refractivity contribution >= 4 is 29.1 Å². The van der Waals surface area contributed by atoms with E-state index in [1.165, 1.54) is 24.3 Å². The number of nitro benzene ring substituents is 1. The molecule has 0 spiro atoms. The number of fused-ring (bicyclic) bond motifs is 2. The molecule has 67 heavy (non-hydrogen) atoms. The van der Waals surface area contributed by atoms with Crippen LogP contribution in [0.3, 0.4) is 0 Å². The summed E-state index contributed by atoms with van der Waals surface area (Å²) in [5.74, 6) is -1.24. The van der Waals surface area contributed by atoms with Crippen molar-refractivity contribution in [3.63, 3.8) is 0 Å². The van der Waals surface area contributed by atoms with Crippen molar-refractivity contribution in [1.82, 2.24) is 4.90 Å². The van der Waals surface area contributed by atoms with Crippen LogP contribution >= 0.6 is 11.6 Å². The number of aryl methyl sites for hydroxylation is 2. The molecule has 4 aromatic rings. The first-order chi connectivity index (χ1) is 32.5. The Hall–Kier alpha value is -5.80. The summed E-state index contributed by atoms with van der Waals surface area (Å²) in [7, 11) is 0. The van der Waals surface area contributed by atoms with Crippen LogP contribution in [-0.2, 0) is 27.5 Å². The van der Waals surface area contributed by atoms with E-state index in [9.17, 15) is 29.5 Å². The molecule has 1 aliphatic heterocycles. The average Bonchev–Trinajstić information content (AvgIpc) is 3.32. The molecule has 1 amide bonds. The molecule has 0 saturated heterocycles. The number of hydrogen-bond acceptors (Lipinski definition) is 11. The average molecular weight is 941 g/mol. The molecule has 7 rings (SSSR count). The molecule has 0 unspecified atom stereocenters. The number of alkyl halides is 1. The van der Waals surface area contributed by atoms with Gasteiger partial charge in [-0.15, -0.1) is 18.2 Å². The second kappa shape index (κ2) is 22.8. The first-order valence-electron chi connectivity index (χ1n) is 22.9. The third-order valence-electron chi connectivity index (χ3n) is 13.1. The number of non-ortho nitro benzene ring substituents is 1. The highest BCUT2D eigenvalue weighted by molar-refractivity contribution is 6.18. The number of rotatable bonds is 22. The van der Waals surface area contributed by atoms with Gasteiger partial charge in [-0.1, -0.05) is 48.3 Å². The fourth-order valence-corrected chi connectivity index (χ4v) is 9.90. The van der Waals surface area contributed by atoms with Crippen molar-refractivity contribution in [2.45, 2.75) is 89.7 Å². The molecule has 6 atom stereocenters. The minimum Gasteiger partial charge on any atom is -0.459 e. The van der Waals surface area contributed by atoms with Gasteiger partial charge in [0.2, 0.25) is 5.79 Å². The first kappa shape index (κ1) is 49.1. The van der Waals surface area contributed by atoms with Crippen LogP contribution in [0.1, 0.15) is 78.7 Å². The van der Waals surface area contributed by atoms with Crippen molar-refractivity contribution in [2.24, 2.45) is 22.9 Å². The van der Waals surface area contributed by atoms with Crippen molar-refractivity contribution in [3.05, 3.63) is 153 Å². The number of amides is 1. The van der Waals surface area contributed by atoms with Gasteiger partial charge in [0, 0.05) is 49.8 Å². The van der Waals surface area contributed by atoms with Gasteiger partial charge in [0.05, 0.1) is 29.0 Å². The van der Waals surface area contributed by atoms with Crippen LogP contribution in [0.4, 0.5) is 14.9 Å². The normalized spacial score (nSPS) is 22.1. The molecule has 3 aliphatic rings. The number of halogens is 2. The topological polar surface area (TPSA) is 162 Å². The Balaban J connectivity index is 1.45.